The molecule has 0 saturated heterocycles. The number of nitro benzene ring substituents is 1. The second-order valence-corrected chi connectivity index (χ2v) is 4.32. The quantitative estimate of drug-likeness (QED) is 0.448. The van der Waals surface area contributed by atoms with Gasteiger partial charge in [0, 0.05) is 15.9 Å². The Morgan fingerprint density at radius 3 is 2.31 bits per heavy atom. The lowest BCUT2D eigenvalue weighted by Crippen LogP contribution is -2.10. The summed E-state index contributed by atoms with van der Waals surface area (Å²) in [5, 5.41) is 10.4. The third-order valence-corrected chi connectivity index (χ3v) is 2.85. The summed E-state index contributed by atoms with van der Waals surface area (Å²) < 4.78 is 37.8. The minimum atomic E-state index is -4.61. The molecular weight excluding hydrogens is 359 g/mol. The Balaban J connectivity index is 3.55. The largest absolute Gasteiger partial charge is 0.416 e. The van der Waals surface area contributed by atoms with E-state index in [0.29, 0.717) is 0 Å². The average molecular weight is 363 g/mol. The van der Waals surface area contributed by atoms with Gasteiger partial charge in [0.2, 0.25) is 0 Å². The summed E-state index contributed by atoms with van der Waals surface area (Å²) in [5.41, 5.74) is -1.94. The molecule has 0 saturated carbocycles. The summed E-state index contributed by atoms with van der Waals surface area (Å²) >= 11 is 5.64. The Labute approximate surface area is 105 Å². The molecule has 3 nitrogen and oxygen atoms in total. The van der Waals surface area contributed by atoms with Gasteiger partial charge in [-0.3, -0.25) is 10.1 Å². The van der Waals surface area contributed by atoms with E-state index in [1.54, 1.807) is 0 Å². The van der Waals surface area contributed by atoms with Crippen LogP contribution in [0.4, 0.5) is 18.9 Å². The van der Waals surface area contributed by atoms with E-state index in [1.807, 2.05) is 0 Å². The lowest BCUT2D eigenvalue weighted by molar-refractivity contribution is -0.385. The standard InChI is InChI=1S/C8H4Br2F3NO2/c9-3-5-6(8(11,12)13)1-4(10)2-7(5)14(15)16/h1-2H,3H2. The van der Waals surface area contributed by atoms with Crippen LogP contribution in [0, 0.1) is 10.1 Å². The SMILES string of the molecule is O=[N+]([O-])c1cc(Br)cc(C(F)(F)F)c1CBr. The first-order valence-corrected chi connectivity index (χ1v) is 5.78. The normalized spacial score (nSPS) is 11.6. The Morgan fingerprint density at radius 2 is 1.94 bits per heavy atom. The van der Waals surface area contributed by atoms with Crippen LogP contribution in [-0.4, -0.2) is 4.92 Å². The van der Waals surface area contributed by atoms with Gasteiger partial charge in [-0.25, -0.2) is 0 Å². The first-order chi connectivity index (χ1) is 7.27. The summed E-state index contributed by atoms with van der Waals surface area (Å²) in [4.78, 5) is 9.77. The molecule has 1 aromatic rings. The van der Waals surface area contributed by atoms with E-state index in [-0.39, 0.29) is 15.4 Å². The summed E-state index contributed by atoms with van der Waals surface area (Å²) in [6.45, 7) is 0. The van der Waals surface area contributed by atoms with Crippen molar-refractivity contribution in [1.29, 1.82) is 0 Å². The van der Waals surface area contributed by atoms with E-state index >= 15 is 0 Å². The van der Waals surface area contributed by atoms with Gasteiger partial charge in [0.15, 0.2) is 0 Å². The molecule has 0 spiro atoms. The second kappa shape index (κ2) is 4.70. The van der Waals surface area contributed by atoms with E-state index in [0.717, 1.165) is 12.1 Å². The summed E-state index contributed by atoms with van der Waals surface area (Å²) in [6.07, 6.45) is -4.61. The molecule has 1 rings (SSSR count). The number of halogens is 5. The molecule has 0 aliphatic rings. The highest BCUT2D eigenvalue weighted by molar-refractivity contribution is 9.10. The number of nitrogens with zero attached hydrogens (tertiary/aromatic N) is 1. The number of rotatable bonds is 2. The molecule has 8 heteroatoms. The summed E-state index contributed by atoms with van der Waals surface area (Å²) in [6, 6.07) is 1.87. The van der Waals surface area contributed by atoms with Crippen molar-refractivity contribution in [3.8, 4) is 0 Å². The zero-order valence-corrected chi connectivity index (χ0v) is 10.7. The van der Waals surface area contributed by atoms with Crippen LogP contribution < -0.4 is 0 Å². The molecule has 0 amide bonds. The molecule has 0 aliphatic heterocycles. The van der Waals surface area contributed by atoms with Crippen LogP contribution in [0.3, 0.4) is 0 Å². The monoisotopic (exact) mass is 361 g/mol. The van der Waals surface area contributed by atoms with Gasteiger partial charge in [-0.1, -0.05) is 31.9 Å². The molecule has 0 unspecified atom stereocenters. The van der Waals surface area contributed by atoms with Crippen molar-refractivity contribution in [2.45, 2.75) is 11.5 Å². The van der Waals surface area contributed by atoms with E-state index in [4.69, 9.17) is 0 Å². The van der Waals surface area contributed by atoms with Gasteiger partial charge in [0.05, 0.1) is 16.1 Å². The predicted octanol–water partition coefficient (Wildman–Crippen LogP) is 4.27. The predicted molar refractivity (Wildman–Crippen MR) is 58.4 cm³/mol. The van der Waals surface area contributed by atoms with E-state index in [2.05, 4.69) is 31.9 Å². The molecule has 0 aliphatic carbocycles. The van der Waals surface area contributed by atoms with Crippen LogP contribution in [0.15, 0.2) is 16.6 Å². The van der Waals surface area contributed by atoms with Crippen LogP contribution in [0.5, 0.6) is 0 Å². The van der Waals surface area contributed by atoms with Crippen molar-refractivity contribution in [3.05, 3.63) is 37.8 Å². The van der Waals surface area contributed by atoms with Gasteiger partial charge >= 0.3 is 6.18 Å². The number of nitro groups is 1. The molecule has 0 atom stereocenters. The fourth-order valence-electron chi connectivity index (χ4n) is 1.18. The maximum atomic E-state index is 12.6. The third kappa shape index (κ3) is 2.73. The number of hydrogen-bond donors (Lipinski definition) is 0. The molecule has 16 heavy (non-hydrogen) atoms. The first kappa shape index (κ1) is 13.4. The summed E-state index contributed by atoms with van der Waals surface area (Å²) in [5.74, 6) is 0. The van der Waals surface area contributed by atoms with E-state index in [9.17, 15) is 23.3 Å². The van der Waals surface area contributed by atoms with Gasteiger partial charge in [-0.15, -0.1) is 0 Å². The molecule has 0 heterocycles. The molecule has 0 aromatic heterocycles. The van der Waals surface area contributed by atoms with Gasteiger partial charge in [0.25, 0.3) is 5.69 Å². The van der Waals surface area contributed by atoms with Gasteiger partial charge in [-0.2, -0.15) is 13.2 Å². The lowest BCUT2D eigenvalue weighted by Gasteiger charge is -2.11. The number of hydrogen-bond acceptors (Lipinski definition) is 2. The van der Waals surface area contributed by atoms with Crippen LogP contribution in [0.25, 0.3) is 0 Å². The fraction of sp³-hybridized carbons (Fsp3) is 0.250. The maximum absolute atomic E-state index is 12.6. The van der Waals surface area contributed by atoms with Crippen molar-refractivity contribution in [3.63, 3.8) is 0 Å². The smallest absolute Gasteiger partial charge is 0.258 e. The van der Waals surface area contributed by atoms with E-state index < -0.39 is 22.4 Å². The Kier molecular flexibility index (Phi) is 3.95. The van der Waals surface area contributed by atoms with Crippen LogP contribution in [0.1, 0.15) is 11.1 Å². The molecule has 0 N–H and O–H groups in total. The van der Waals surface area contributed by atoms with Crippen molar-refractivity contribution < 1.29 is 18.1 Å². The Hall–Kier alpha value is -0.630. The lowest BCUT2D eigenvalue weighted by atomic mass is 10.1. The van der Waals surface area contributed by atoms with Crippen LogP contribution >= 0.6 is 31.9 Å². The zero-order valence-electron chi connectivity index (χ0n) is 7.52. The average Bonchev–Trinajstić information content (AvgIpc) is 2.14. The topological polar surface area (TPSA) is 43.1 Å². The van der Waals surface area contributed by atoms with Gasteiger partial charge in [-0.05, 0) is 6.07 Å². The molecule has 0 fully saturated rings. The van der Waals surface area contributed by atoms with Crippen molar-refractivity contribution >= 4 is 37.5 Å². The number of alkyl halides is 4. The molecule has 0 radical (unpaired) electrons. The highest BCUT2D eigenvalue weighted by atomic mass is 79.9. The maximum Gasteiger partial charge on any atom is 0.416 e. The molecule has 0 bridgehead atoms. The molecule has 1 aromatic carbocycles. The highest BCUT2D eigenvalue weighted by Gasteiger charge is 2.36. The Morgan fingerprint density at radius 1 is 1.38 bits per heavy atom. The first-order valence-electron chi connectivity index (χ1n) is 3.87. The number of benzene rings is 1. The zero-order chi connectivity index (χ0) is 12.5. The van der Waals surface area contributed by atoms with Crippen molar-refractivity contribution in [1.82, 2.24) is 0 Å². The van der Waals surface area contributed by atoms with Crippen molar-refractivity contribution in [2.75, 3.05) is 0 Å². The van der Waals surface area contributed by atoms with Gasteiger partial charge in [0.1, 0.15) is 0 Å². The second-order valence-electron chi connectivity index (χ2n) is 2.84. The van der Waals surface area contributed by atoms with Crippen molar-refractivity contribution in [2.24, 2.45) is 0 Å². The fourth-order valence-corrected chi connectivity index (χ4v) is 2.21. The Bertz CT molecular complexity index is 434. The minimum Gasteiger partial charge on any atom is -0.258 e. The molecule has 88 valence electrons. The van der Waals surface area contributed by atoms with E-state index in [1.165, 1.54) is 0 Å². The summed E-state index contributed by atoms with van der Waals surface area (Å²) in [7, 11) is 0. The highest BCUT2D eigenvalue weighted by Crippen LogP contribution is 2.39. The van der Waals surface area contributed by atoms with Crippen LogP contribution in [0.2, 0.25) is 0 Å². The van der Waals surface area contributed by atoms with Gasteiger partial charge < -0.3 is 0 Å². The van der Waals surface area contributed by atoms with Crippen LogP contribution in [-0.2, 0) is 11.5 Å². The molecular formula is C8H4Br2F3NO2. The third-order valence-electron chi connectivity index (χ3n) is 1.83. The minimum absolute atomic E-state index is 0.0243.